The summed E-state index contributed by atoms with van der Waals surface area (Å²) in [6, 6.07) is 46.7. The molecule has 356 valence electrons. The van der Waals surface area contributed by atoms with E-state index in [2.05, 4.69) is 44.2 Å². The maximum Gasteiger partial charge on any atom is 0.308 e. The molecule has 0 saturated heterocycles. The molecule has 11 heteroatoms. The van der Waals surface area contributed by atoms with Gasteiger partial charge in [-0.3, -0.25) is 14.4 Å². The molecule has 0 fully saturated rings. The van der Waals surface area contributed by atoms with Gasteiger partial charge in [0, 0.05) is 17.4 Å². The smallest absolute Gasteiger partial charge is 0.308 e. The summed E-state index contributed by atoms with van der Waals surface area (Å²) in [5, 5.41) is -0.695. The summed E-state index contributed by atoms with van der Waals surface area (Å²) >= 11 is 0. The van der Waals surface area contributed by atoms with Gasteiger partial charge in [-0.1, -0.05) is 183 Å². The van der Waals surface area contributed by atoms with Crippen molar-refractivity contribution < 1.29 is 36.0 Å². The highest BCUT2D eigenvalue weighted by molar-refractivity contribution is 7.92. The van der Waals surface area contributed by atoms with Crippen LogP contribution in [0.25, 0.3) is 0 Å². The van der Waals surface area contributed by atoms with Crippen LogP contribution < -0.4 is 5.73 Å². The van der Waals surface area contributed by atoms with Crippen molar-refractivity contribution in [2.24, 2.45) is 29.4 Å². The average molecular weight is 930 g/mol. The number of rotatable bonds is 13. The molecular weight excluding hydrogens is 855 g/mol. The third-order valence-corrected chi connectivity index (χ3v) is 13.3. The van der Waals surface area contributed by atoms with Gasteiger partial charge in [-0.05, 0) is 75.4 Å². The van der Waals surface area contributed by atoms with Crippen molar-refractivity contribution in [3.63, 3.8) is 0 Å². The summed E-state index contributed by atoms with van der Waals surface area (Å²) < 4.78 is 51.2. The van der Waals surface area contributed by atoms with Crippen molar-refractivity contribution in [1.82, 2.24) is 0 Å². The normalized spacial score (nSPS) is 10.8. The van der Waals surface area contributed by atoms with Crippen LogP contribution in [0, 0.1) is 23.7 Å². The lowest BCUT2D eigenvalue weighted by molar-refractivity contribution is -0.148. The summed E-state index contributed by atoms with van der Waals surface area (Å²) in [5.41, 5.74) is 8.30. The molecule has 0 atom stereocenters. The van der Waals surface area contributed by atoms with Crippen LogP contribution in [0.1, 0.15) is 105 Å². The molecule has 0 spiro atoms. The Bertz CT molecular complexity index is 2170. The molecule has 0 amide bonds. The summed E-state index contributed by atoms with van der Waals surface area (Å²) in [7, 11) is -6.15. The minimum Gasteiger partial charge on any atom is -0.461 e. The molecule has 0 bridgehead atoms. The Morgan fingerprint density at radius 2 is 0.800 bits per heavy atom. The number of esters is 1. The highest BCUT2D eigenvalue weighted by Crippen LogP contribution is 2.15. The van der Waals surface area contributed by atoms with Crippen molar-refractivity contribution in [3.05, 3.63) is 168 Å². The minimum atomic E-state index is -3.08. The van der Waals surface area contributed by atoms with E-state index in [1.165, 1.54) is 12.0 Å². The zero-order valence-corrected chi connectivity index (χ0v) is 42.3. The van der Waals surface area contributed by atoms with Crippen LogP contribution in [0.5, 0.6) is 0 Å². The van der Waals surface area contributed by atoms with E-state index in [0.717, 1.165) is 17.0 Å². The van der Waals surface area contributed by atoms with Crippen LogP contribution in [0.4, 0.5) is 0 Å². The summed E-state index contributed by atoms with van der Waals surface area (Å²) in [6.07, 6.45) is 1.20. The maximum absolute atomic E-state index is 11.5. The molecule has 5 aromatic rings. The number of hydrogen-bond acceptors (Lipinski definition) is 9. The van der Waals surface area contributed by atoms with Crippen molar-refractivity contribution in [3.8, 4) is 0 Å². The molecule has 9 nitrogen and oxygen atoms in total. The first-order valence-electron chi connectivity index (χ1n) is 22.1. The largest absolute Gasteiger partial charge is 0.461 e. The van der Waals surface area contributed by atoms with E-state index in [1.807, 2.05) is 102 Å². The van der Waals surface area contributed by atoms with E-state index in [0.29, 0.717) is 16.4 Å². The predicted molar refractivity (Wildman–Crippen MR) is 268 cm³/mol. The van der Waals surface area contributed by atoms with E-state index >= 15 is 0 Å². The Kier molecular flexibility index (Phi) is 29.8. The van der Waals surface area contributed by atoms with Crippen LogP contribution in [0.15, 0.2) is 161 Å². The SMILES string of the molecule is CC(C)C(=O)CN.CC(C)C(=O)OCc1ccccc1.CC(C)C(=O)c1ccccc1.CC(C)Cc1ccccc1.CC(C)S(=O)(=O)c1ccccc1.CC(C)S(=O)(=O)c1ccccc1. The number of carbonyl (C=O) groups is 3. The van der Waals surface area contributed by atoms with Gasteiger partial charge in [-0.15, -0.1) is 0 Å². The number of ether oxygens (including phenoxy) is 1. The van der Waals surface area contributed by atoms with E-state index in [9.17, 15) is 31.2 Å². The molecule has 5 rings (SSSR count). The molecule has 0 aliphatic carbocycles. The van der Waals surface area contributed by atoms with Crippen LogP contribution in [-0.2, 0) is 47.0 Å². The number of carbonyl (C=O) groups excluding carboxylic acids is 3. The van der Waals surface area contributed by atoms with Crippen molar-refractivity contribution >= 4 is 37.2 Å². The number of nitrogens with two attached hydrogens (primary N) is 1. The third kappa shape index (κ3) is 25.7. The first-order valence-corrected chi connectivity index (χ1v) is 25.2. The topological polar surface area (TPSA) is 155 Å². The molecule has 0 aromatic heterocycles. The first kappa shape index (κ1) is 59.8. The van der Waals surface area contributed by atoms with Crippen molar-refractivity contribution in [2.75, 3.05) is 6.54 Å². The molecule has 0 aliphatic rings. The second-order valence-electron chi connectivity index (χ2n) is 16.9. The van der Waals surface area contributed by atoms with E-state index < -0.39 is 19.7 Å². The second-order valence-corrected chi connectivity index (χ2v) is 21.9. The van der Waals surface area contributed by atoms with Gasteiger partial charge in [-0.25, -0.2) is 16.8 Å². The maximum atomic E-state index is 11.5. The van der Waals surface area contributed by atoms with Gasteiger partial charge in [0.1, 0.15) is 12.4 Å². The molecule has 0 aliphatic heterocycles. The molecule has 5 aromatic carbocycles. The van der Waals surface area contributed by atoms with Crippen LogP contribution in [-0.4, -0.2) is 51.4 Å². The molecule has 0 radical (unpaired) electrons. The van der Waals surface area contributed by atoms with Gasteiger partial charge in [-0.2, -0.15) is 0 Å². The summed E-state index contributed by atoms with van der Waals surface area (Å²) in [6.45, 7) is 22.9. The Morgan fingerprint density at radius 1 is 0.462 bits per heavy atom. The van der Waals surface area contributed by atoms with Gasteiger partial charge >= 0.3 is 5.97 Å². The van der Waals surface area contributed by atoms with Gasteiger partial charge < -0.3 is 10.5 Å². The number of hydrogen-bond donors (Lipinski definition) is 1. The quantitative estimate of drug-likeness (QED) is 0.0897. The molecular formula is C54H75NO8S2. The Balaban J connectivity index is 0.000000763. The lowest BCUT2D eigenvalue weighted by Gasteiger charge is -2.06. The van der Waals surface area contributed by atoms with Crippen LogP contribution >= 0.6 is 0 Å². The number of benzene rings is 5. The number of sulfone groups is 2. The summed E-state index contributed by atoms with van der Waals surface area (Å²) in [5.74, 6) is 1.10. The average Bonchev–Trinajstić information content (AvgIpc) is 3.29. The lowest BCUT2D eigenvalue weighted by atomic mass is 10.0. The van der Waals surface area contributed by atoms with Crippen molar-refractivity contribution in [2.45, 2.75) is 116 Å². The van der Waals surface area contributed by atoms with E-state index in [1.54, 1.807) is 88.4 Å². The first-order chi connectivity index (χ1) is 30.5. The van der Waals surface area contributed by atoms with Gasteiger partial charge in [0.15, 0.2) is 25.5 Å². The van der Waals surface area contributed by atoms with Crippen molar-refractivity contribution in [1.29, 1.82) is 0 Å². The Morgan fingerprint density at radius 3 is 1.08 bits per heavy atom. The molecule has 65 heavy (non-hydrogen) atoms. The fourth-order valence-electron chi connectivity index (χ4n) is 4.92. The third-order valence-electron chi connectivity index (χ3n) is 8.99. The second kappa shape index (κ2) is 32.4. The number of Topliss-reactive ketones (excluding diaryl/α,β-unsaturated/α-hetero) is 2. The summed E-state index contributed by atoms with van der Waals surface area (Å²) in [4.78, 5) is 33.6. The highest BCUT2D eigenvalue weighted by atomic mass is 32.2. The van der Waals surface area contributed by atoms with Crippen LogP contribution in [0.3, 0.4) is 0 Å². The molecule has 2 N–H and O–H groups in total. The van der Waals surface area contributed by atoms with Gasteiger partial charge in [0.25, 0.3) is 0 Å². The highest BCUT2D eigenvalue weighted by Gasteiger charge is 2.18. The standard InChI is InChI=1S/C11H14O2.C10H12O.C10H14.2C9H12O2S.C5H11NO/c1-9(2)11(12)13-8-10-6-4-3-5-7-10;1-8(2)10(11)9-6-4-3-5-7-9;1-9(2)8-10-6-4-3-5-7-10;2*1-8(2)12(10,11)9-6-4-3-5-7-9;1-4(2)5(7)3-6/h3-7,9H,8H2,1-2H3;3-8H,1-2H3;3-7,9H,8H2,1-2H3;2*3-8H,1-2H3;4H,3,6H2,1-2H3. The van der Waals surface area contributed by atoms with E-state index in [4.69, 9.17) is 10.5 Å². The molecule has 0 heterocycles. The van der Waals surface area contributed by atoms with Crippen LogP contribution in [0.2, 0.25) is 0 Å². The predicted octanol–water partition coefficient (Wildman–Crippen LogP) is 11.7. The number of ketones is 2. The lowest BCUT2D eigenvalue weighted by Crippen LogP contribution is -2.18. The van der Waals surface area contributed by atoms with Gasteiger partial charge in [0.2, 0.25) is 0 Å². The Hall–Kier alpha value is -5.23. The van der Waals surface area contributed by atoms with E-state index in [-0.39, 0.29) is 52.3 Å². The van der Waals surface area contributed by atoms with Gasteiger partial charge in [0.05, 0.1) is 32.8 Å². The zero-order chi connectivity index (χ0) is 49.6. The minimum absolute atomic E-state index is 0.0521. The molecule has 0 saturated carbocycles. The molecule has 0 unspecified atom stereocenters. The zero-order valence-electron chi connectivity index (χ0n) is 40.7. The monoisotopic (exact) mass is 929 g/mol. The fourth-order valence-corrected chi connectivity index (χ4v) is 7.08. The Labute approximate surface area is 392 Å². The fraction of sp³-hybridized carbons (Fsp3) is 0.389.